The van der Waals surface area contributed by atoms with Crippen LogP contribution >= 0.6 is 34.9 Å². The second kappa shape index (κ2) is 5.23. The first kappa shape index (κ1) is 12.4. The quantitative estimate of drug-likeness (QED) is 0.738. The Hall–Kier alpha value is -1.32. The Balaban J connectivity index is 1.60. The zero-order valence-corrected chi connectivity index (χ0v) is 12.7. The van der Waals surface area contributed by atoms with Crippen molar-refractivity contribution in [1.29, 1.82) is 0 Å². The molecule has 3 aromatic rings. The van der Waals surface area contributed by atoms with Gasteiger partial charge in [-0.3, -0.25) is 4.99 Å². The number of hydrogen-bond donors (Lipinski definition) is 0. The first-order valence-electron chi connectivity index (χ1n) is 5.95. The molecule has 0 bridgehead atoms. The molecule has 0 atom stereocenters. The number of nitrogens with zero attached hydrogens (tertiary/aromatic N) is 5. The van der Waals surface area contributed by atoms with E-state index in [0.717, 1.165) is 44.0 Å². The van der Waals surface area contributed by atoms with Gasteiger partial charge in [0, 0.05) is 5.75 Å². The molecule has 0 aromatic carbocycles. The first-order valence-corrected chi connectivity index (χ1v) is 8.74. The Morgan fingerprint density at radius 3 is 3.20 bits per heavy atom. The maximum atomic E-state index is 5.36. The Morgan fingerprint density at radius 1 is 1.40 bits per heavy atom. The molecule has 0 saturated carbocycles. The van der Waals surface area contributed by atoms with Gasteiger partial charge in [-0.15, -0.1) is 15.3 Å². The van der Waals surface area contributed by atoms with E-state index in [1.165, 1.54) is 11.3 Å². The van der Waals surface area contributed by atoms with Gasteiger partial charge in [-0.2, -0.15) is 4.52 Å². The Labute approximate surface area is 126 Å². The zero-order valence-electron chi connectivity index (χ0n) is 10.2. The highest BCUT2D eigenvalue weighted by molar-refractivity contribution is 8.38. The van der Waals surface area contributed by atoms with Crippen molar-refractivity contribution >= 4 is 44.2 Å². The van der Waals surface area contributed by atoms with E-state index < -0.39 is 0 Å². The summed E-state index contributed by atoms with van der Waals surface area (Å²) in [5.41, 5.74) is 0. The number of aliphatic imine (C=N–C) groups is 1. The molecule has 0 N–H and O–H groups in total. The van der Waals surface area contributed by atoms with E-state index in [1.807, 2.05) is 12.1 Å². The van der Waals surface area contributed by atoms with Gasteiger partial charge in [-0.1, -0.05) is 34.9 Å². The minimum atomic E-state index is 0.730. The summed E-state index contributed by atoms with van der Waals surface area (Å²) in [6, 6.07) is 3.74. The molecule has 0 radical (unpaired) electrons. The van der Waals surface area contributed by atoms with Gasteiger partial charge in [-0.25, -0.2) is 0 Å². The summed E-state index contributed by atoms with van der Waals surface area (Å²) in [5, 5.41) is 13.7. The lowest BCUT2D eigenvalue weighted by atomic mass is 10.5. The van der Waals surface area contributed by atoms with Gasteiger partial charge >= 0.3 is 0 Å². The molecule has 0 amide bonds. The SMILES string of the molecule is c1coc(-c2nn3c(CSC4=NCCS4)nnc3s2)c1. The molecule has 0 saturated heterocycles. The van der Waals surface area contributed by atoms with Gasteiger partial charge in [0.2, 0.25) is 4.96 Å². The highest BCUT2D eigenvalue weighted by Crippen LogP contribution is 2.28. The summed E-state index contributed by atoms with van der Waals surface area (Å²) in [6.07, 6.45) is 1.64. The summed E-state index contributed by atoms with van der Waals surface area (Å²) < 4.78 is 8.27. The van der Waals surface area contributed by atoms with E-state index in [0.29, 0.717) is 0 Å². The van der Waals surface area contributed by atoms with Crippen molar-refractivity contribution in [3.8, 4) is 10.8 Å². The molecule has 102 valence electrons. The predicted octanol–water partition coefficient (Wildman–Crippen LogP) is 2.78. The number of thioether (sulfide) groups is 2. The fourth-order valence-electron chi connectivity index (χ4n) is 1.78. The number of rotatable bonds is 3. The van der Waals surface area contributed by atoms with Crippen LogP contribution in [-0.2, 0) is 5.75 Å². The van der Waals surface area contributed by atoms with Crippen LogP contribution in [0.25, 0.3) is 15.7 Å². The van der Waals surface area contributed by atoms with Gasteiger partial charge in [0.05, 0.1) is 18.6 Å². The number of aromatic nitrogens is 4. The molecule has 4 heterocycles. The fraction of sp³-hybridized carbons (Fsp3) is 0.273. The lowest BCUT2D eigenvalue weighted by molar-refractivity contribution is 0.580. The van der Waals surface area contributed by atoms with E-state index in [1.54, 1.807) is 34.3 Å². The van der Waals surface area contributed by atoms with Crippen LogP contribution in [0.3, 0.4) is 0 Å². The van der Waals surface area contributed by atoms with Crippen LogP contribution in [0.15, 0.2) is 27.8 Å². The summed E-state index contributed by atoms with van der Waals surface area (Å²) in [6.45, 7) is 0.918. The third kappa shape index (κ3) is 2.25. The van der Waals surface area contributed by atoms with Crippen molar-refractivity contribution in [2.24, 2.45) is 4.99 Å². The van der Waals surface area contributed by atoms with Crippen LogP contribution < -0.4 is 0 Å². The van der Waals surface area contributed by atoms with E-state index in [2.05, 4.69) is 20.3 Å². The molecule has 0 spiro atoms. The first-order chi connectivity index (χ1) is 9.90. The van der Waals surface area contributed by atoms with Crippen LogP contribution in [-0.4, -0.2) is 36.5 Å². The third-order valence-corrected chi connectivity index (χ3v) is 5.83. The second-order valence-electron chi connectivity index (χ2n) is 3.98. The normalized spacial score (nSPS) is 15.1. The lowest BCUT2D eigenvalue weighted by Gasteiger charge is -1.96. The molecule has 1 aliphatic heterocycles. The smallest absolute Gasteiger partial charge is 0.235 e. The topological polar surface area (TPSA) is 68.6 Å². The number of fused-ring (bicyclic) bond motifs is 1. The summed E-state index contributed by atoms with van der Waals surface area (Å²) in [5.74, 6) is 3.41. The van der Waals surface area contributed by atoms with Crippen molar-refractivity contribution in [2.45, 2.75) is 5.75 Å². The summed E-state index contributed by atoms with van der Waals surface area (Å²) in [7, 11) is 0. The standard InChI is InChI=1S/C11H9N5OS3/c1-2-7(17-4-1)9-15-16-8(13-14-10(16)20-9)6-19-11-12-3-5-18-11/h1-2,4H,3,5-6H2. The molecule has 20 heavy (non-hydrogen) atoms. The van der Waals surface area contributed by atoms with Gasteiger partial charge in [0.15, 0.2) is 16.6 Å². The van der Waals surface area contributed by atoms with Crippen molar-refractivity contribution in [3.63, 3.8) is 0 Å². The monoisotopic (exact) mass is 323 g/mol. The van der Waals surface area contributed by atoms with Gasteiger partial charge in [-0.05, 0) is 12.1 Å². The van der Waals surface area contributed by atoms with Crippen LogP contribution in [0.4, 0.5) is 0 Å². The highest BCUT2D eigenvalue weighted by atomic mass is 32.2. The molecule has 6 nitrogen and oxygen atoms in total. The van der Waals surface area contributed by atoms with Crippen LogP contribution in [0.1, 0.15) is 5.82 Å². The largest absolute Gasteiger partial charge is 0.462 e. The molecule has 0 fully saturated rings. The Kier molecular flexibility index (Phi) is 3.25. The van der Waals surface area contributed by atoms with Crippen LogP contribution in [0.2, 0.25) is 0 Å². The lowest BCUT2D eigenvalue weighted by Crippen LogP contribution is -1.95. The molecule has 0 unspecified atom stereocenters. The Morgan fingerprint density at radius 2 is 2.40 bits per heavy atom. The summed E-state index contributed by atoms with van der Waals surface area (Å²) in [4.78, 5) is 5.20. The molecule has 4 rings (SSSR count). The average Bonchev–Trinajstić information content (AvgIpc) is 3.21. The summed E-state index contributed by atoms with van der Waals surface area (Å²) >= 11 is 4.96. The second-order valence-corrected chi connectivity index (χ2v) is 7.24. The minimum Gasteiger partial charge on any atom is -0.462 e. The van der Waals surface area contributed by atoms with Crippen molar-refractivity contribution in [1.82, 2.24) is 19.8 Å². The Bertz CT molecular complexity index is 760. The fourth-order valence-corrected chi connectivity index (χ4v) is 4.52. The third-order valence-electron chi connectivity index (χ3n) is 2.67. The maximum Gasteiger partial charge on any atom is 0.235 e. The molecule has 1 aliphatic rings. The maximum absolute atomic E-state index is 5.36. The van der Waals surface area contributed by atoms with Crippen molar-refractivity contribution in [2.75, 3.05) is 12.3 Å². The highest BCUT2D eigenvalue weighted by Gasteiger charge is 2.16. The predicted molar refractivity (Wildman–Crippen MR) is 82.4 cm³/mol. The van der Waals surface area contributed by atoms with Crippen LogP contribution in [0.5, 0.6) is 0 Å². The molecule has 3 aromatic heterocycles. The average molecular weight is 323 g/mol. The van der Waals surface area contributed by atoms with Crippen LogP contribution in [0, 0.1) is 0 Å². The number of furan rings is 1. The minimum absolute atomic E-state index is 0.730. The molecule has 9 heteroatoms. The zero-order chi connectivity index (χ0) is 13.4. The van der Waals surface area contributed by atoms with E-state index in [9.17, 15) is 0 Å². The van der Waals surface area contributed by atoms with Gasteiger partial charge in [0.25, 0.3) is 0 Å². The van der Waals surface area contributed by atoms with E-state index in [-0.39, 0.29) is 0 Å². The van der Waals surface area contributed by atoms with Crippen molar-refractivity contribution < 1.29 is 4.42 Å². The van der Waals surface area contributed by atoms with Gasteiger partial charge < -0.3 is 4.42 Å². The molecule has 0 aliphatic carbocycles. The van der Waals surface area contributed by atoms with E-state index >= 15 is 0 Å². The van der Waals surface area contributed by atoms with Crippen molar-refractivity contribution in [3.05, 3.63) is 24.2 Å². The van der Waals surface area contributed by atoms with Gasteiger partial charge in [0.1, 0.15) is 4.38 Å². The molecular weight excluding hydrogens is 314 g/mol. The molecular formula is C11H9N5OS3. The number of hydrogen-bond acceptors (Lipinski definition) is 8. The van der Waals surface area contributed by atoms with E-state index in [4.69, 9.17) is 4.42 Å².